The lowest BCUT2D eigenvalue weighted by atomic mass is 9.96. The molecule has 1 amide bonds. The Morgan fingerprint density at radius 3 is 3.11 bits per heavy atom. The number of hydrogen-bond donors (Lipinski definition) is 3. The molecule has 2 aliphatic heterocycles. The van der Waals surface area contributed by atoms with Gasteiger partial charge in [0.1, 0.15) is 0 Å². The van der Waals surface area contributed by atoms with E-state index in [4.69, 9.17) is 0 Å². The molecule has 102 valence electrons. The van der Waals surface area contributed by atoms with Crippen LogP contribution in [0.5, 0.6) is 0 Å². The maximum Gasteiger partial charge on any atom is 0.407 e. The molecule has 3 N–H and O–H groups in total. The van der Waals surface area contributed by atoms with Crippen LogP contribution in [0.3, 0.4) is 0 Å². The quantitative estimate of drug-likeness (QED) is 0.719. The standard InChI is InChI=1S/C14H19N3O2/c18-14(19)17-7-6-15-9-13(17)11-3-4-12-10(8-11)2-1-5-16-12/h3-4,8,13,15-16H,1-2,5-7,9H2,(H,18,19). The van der Waals surface area contributed by atoms with Gasteiger partial charge in [0.05, 0.1) is 6.04 Å². The van der Waals surface area contributed by atoms with Crippen LogP contribution in [0.1, 0.15) is 23.6 Å². The second-order valence-electron chi connectivity index (χ2n) is 5.14. The third kappa shape index (κ3) is 2.38. The first kappa shape index (κ1) is 12.3. The molecule has 1 unspecified atom stereocenters. The molecule has 2 aliphatic rings. The van der Waals surface area contributed by atoms with Crippen molar-refractivity contribution in [3.63, 3.8) is 0 Å². The van der Waals surface area contributed by atoms with Crippen molar-refractivity contribution in [3.05, 3.63) is 29.3 Å². The number of rotatable bonds is 1. The normalized spacial score (nSPS) is 22.5. The molecule has 0 spiro atoms. The first-order valence-electron chi connectivity index (χ1n) is 6.82. The molecule has 0 bridgehead atoms. The van der Waals surface area contributed by atoms with E-state index in [2.05, 4.69) is 22.8 Å². The van der Waals surface area contributed by atoms with Gasteiger partial charge >= 0.3 is 6.09 Å². The number of carbonyl (C=O) groups is 1. The lowest BCUT2D eigenvalue weighted by Gasteiger charge is -2.35. The monoisotopic (exact) mass is 261 g/mol. The van der Waals surface area contributed by atoms with E-state index >= 15 is 0 Å². The zero-order chi connectivity index (χ0) is 13.2. The Kier molecular flexibility index (Phi) is 3.29. The highest BCUT2D eigenvalue weighted by molar-refractivity contribution is 5.66. The average Bonchev–Trinajstić information content (AvgIpc) is 2.46. The van der Waals surface area contributed by atoms with Gasteiger partial charge in [-0.1, -0.05) is 12.1 Å². The highest BCUT2D eigenvalue weighted by Gasteiger charge is 2.28. The van der Waals surface area contributed by atoms with Crippen LogP contribution in [0.2, 0.25) is 0 Å². The Morgan fingerprint density at radius 1 is 1.37 bits per heavy atom. The number of fused-ring (bicyclic) bond motifs is 1. The molecule has 1 aromatic carbocycles. The topological polar surface area (TPSA) is 64.6 Å². The fourth-order valence-electron chi connectivity index (χ4n) is 2.93. The van der Waals surface area contributed by atoms with Gasteiger partial charge in [-0.3, -0.25) is 4.90 Å². The van der Waals surface area contributed by atoms with E-state index in [0.717, 1.165) is 31.5 Å². The molecule has 1 aromatic rings. The molecule has 19 heavy (non-hydrogen) atoms. The van der Waals surface area contributed by atoms with Crippen LogP contribution in [0.4, 0.5) is 10.5 Å². The Labute approximate surface area is 112 Å². The van der Waals surface area contributed by atoms with Gasteiger partial charge in [0.25, 0.3) is 0 Å². The number of hydrogen-bond acceptors (Lipinski definition) is 3. The zero-order valence-electron chi connectivity index (χ0n) is 10.9. The Bertz CT molecular complexity index is 490. The molecule has 0 aliphatic carbocycles. The summed E-state index contributed by atoms with van der Waals surface area (Å²) in [7, 11) is 0. The maximum atomic E-state index is 11.3. The Morgan fingerprint density at radius 2 is 2.26 bits per heavy atom. The van der Waals surface area contributed by atoms with Gasteiger partial charge in [-0.05, 0) is 30.0 Å². The second-order valence-corrected chi connectivity index (χ2v) is 5.14. The van der Waals surface area contributed by atoms with Crippen molar-refractivity contribution >= 4 is 11.8 Å². The first-order chi connectivity index (χ1) is 9.25. The fraction of sp³-hybridized carbons (Fsp3) is 0.500. The maximum absolute atomic E-state index is 11.3. The zero-order valence-corrected chi connectivity index (χ0v) is 10.9. The molecule has 1 fully saturated rings. The molecule has 0 aromatic heterocycles. The van der Waals surface area contributed by atoms with Crippen molar-refractivity contribution in [1.82, 2.24) is 10.2 Å². The van der Waals surface area contributed by atoms with Crippen LogP contribution in [0.15, 0.2) is 18.2 Å². The molecule has 1 saturated heterocycles. The molecular weight excluding hydrogens is 242 g/mol. The second kappa shape index (κ2) is 5.09. The van der Waals surface area contributed by atoms with Gasteiger partial charge in [-0.15, -0.1) is 0 Å². The summed E-state index contributed by atoms with van der Waals surface area (Å²) in [5.41, 5.74) is 3.59. The summed E-state index contributed by atoms with van der Waals surface area (Å²) in [6, 6.07) is 6.22. The number of nitrogens with zero attached hydrogens (tertiary/aromatic N) is 1. The smallest absolute Gasteiger partial charge is 0.407 e. The predicted octanol–water partition coefficient (Wildman–Crippen LogP) is 1.67. The fourth-order valence-corrected chi connectivity index (χ4v) is 2.93. The molecule has 5 nitrogen and oxygen atoms in total. The minimum Gasteiger partial charge on any atom is -0.465 e. The predicted molar refractivity (Wildman–Crippen MR) is 73.6 cm³/mol. The summed E-state index contributed by atoms with van der Waals surface area (Å²) in [5, 5.41) is 16.0. The molecular formula is C14H19N3O2. The van der Waals surface area contributed by atoms with E-state index in [1.165, 1.54) is 16.2 Å². The minimum absolute atomic E-state index is 0.0709. The summed E-state index contributed by atoms with van der Waals surface area (Å²) in [6.45, 7) is 3.00. The van der Waals surface area contributed by atoms with E-state index < -0.39 is 6.09 Å². The SMILES string of the molecule is O=C(O)N1CCNCC1c1ccc2c(c1)CCCN2. The summed E-state index contributed by atoms with van der Waals surface area (Å²) >= 11 is 0. The number of carboxylic acid groups (broad SMARTS) is 1. The Hall–Kier alpha value is -1.75. The lowest BCUT2D eigenvalue weighted by molar-refractivity contribution is 0.112. The van der Waals surface area contributed by atoms with Crippen molar-refractivity contribution in [2.45, 2.75) is 18.9 Å². The third-order valence-electron chi connectivity index (χ3n) is 3.94. The number of benzene rings is 1. The van der Waals surface area contributed by atoms with Crippen LogP contribution >= 0.6 is 0 Å². The number of piperazine rings is 1. The van der Waals surface area contributed by atoms with Crippen molar-refractivity contribution in [2.24, 2.45) is 0 Å². The van der Waals surface area contributed by atoms with Gasteiger partial charge in [-0.2, -0.15) is 0 Å². The van der Waals surface area contributed by atoms with Gasteiger partial charge in [-0.25, -0.2) is 4.79 Å². The molecule has 2 heterocycles. The summed E-state index contributed by atoms with van der Waals surface area (Å²) < 4.78 is 0. The van der Waals surface area contributed by atoms with Crippen molar-refractivity contribution in [2.75, 3.05) is 31.5 Å². The van der Waals surface area contributed by atoms with Gasteiger partial charge in [0, 0.05) is 31.9 Å². The van der Waals surface area contributed by atoms with Crippen LogP contribution in [0, 0.1) is 0 Å². The van der Waals surface area contributed by atoms with Gasteiger partial charge in [0.15, 0.2) is 0 Å². The molecule has 1 atom stereocenters. The van der Waals surface area contributed by atoms with E-state index in [1.54, 1.807) is 0 Å². The Balaban J connectivity index is 1.89. The number of amides is 1. The van der Waals surface area contributed by atoms with Crippen molar-refractivity contribution in [1.29, 1.82) is 0 Å². The highest BCUT2D eigenvalue weighted by Crippen LogP contribution is 2.28. The molecule has 5 heteroatoms. The van der Waals surface area contributed by atoms with Crippen LogP contribution in [0.25, 0.3) is 0 Å². The minimum atomic E-state index is -0.831. The lowest BCUT2D eigenvalue weighted by Crippen LogP contribution is -2.48. The van der Waals surface area contributed by atoms with Crippen molar-refractivity contribution < 1.29 is 9.90 Å². The van der Waals surface area contributed by atoms with E-state index in [9.17, 15) is 9.90 Å². The summed E-state index contributed by atoms with van der Waals surface area (Å²) in [5.74, 6) is 0. The van der Waals surface area contributed by atoms with E-state index in [0.29, 0.717) is 13.1 Å². The molecule has 3 rings (SSSR count). The number of anilines is 1. The summed E-state index contributed by atoms with van der Waals surface area (Å²) in [4.78, 5) is 12.8. The van der Waals surface area contributed by atoms with Gasteiger partial charge in [0.2, 0.25) is 0 Å². The van der Waals surface area contributed by atoms with Crippen molar-refractivity contribution in [3.8, 4) is 0 Å². The largest absolute Gasteiger partial charge is 0.465 e. The molecule has 0 saturated carbocycles. The molecule has 0 radical (unpaired) electrons. The summed E-state index contributed by atoms with van der Waals surface area (Å²) in [6.07, 6.45) is 1.38. The first-order valence-corrected chi connectivity index (χ1v) is 6.82. The average molecular weight is 261 g/mol. The third-order valence-corrected chi connectivity index (χ3v) is 3.94. The highest BCUT2D eigenvalue weighted by atomic mass is 16.4. The van der Waals surface area contributed by atoms with E-state index in [-0.39, 0.29) is 6.04 Å². The van der Waals surface area contributed by atoms with Crippen LogP contribution < -0.4 is 10.6 Å². The van der Waals surface area contributed by atoms with Gasteiger partial charge < -0.3 is 15.7 Å². The van der Waals surface area contributed by atoms with E-state index in [1.807, 2.05) is 6.07 Å². The van der Waals surface area contributed by atoms with Crippen LogP contribution in [-0.2, 0) is 6.42 Å². The number of aryl methyl sites for hydroxylation is 1. The number of nitrogens with one attached hydrogen (secondary N) is 2. The van der Waals surface area contributed by atoms with Crippen LogP contribution in [-0.4, -0.2) is 42.3 Å².